The standard InChI is InChI=1S/C34H43N3O7/c1-5-6-8-14-24-28(38)23-13-9-10-15-25(23)35-30(24)43-22-19-26(32(40)42-4)37(20-22)31(39)29(34(3)16-11-7-12-17-34)36-33(41)44-27-18-21(27)2/h9-10,13,15,21-22,26-27,29H,5-7,11-12,16-20H2,1-4H3,(H,35,38)(H,36,41)/t21?,22-,26+,27-,29-/m1/s1. The number of likely N-dealkylation sites (tertiary alicyclic amines) is 1. The maximum Gasteiger partial charge on any atom is 0.408 e. The first-order chi connectivity index (χ1) is 21.1. The number of carbonyl (C=O) groups is 3. The van der Waals surface area contributed by atoms with E-state index in [9.17, 15) is 19.2 Å². The lowest BCUT2D eigenvalue weighted by Gasteiger charge is -2.41. The number of fused-ring (bicyclic) bond motifs is 1. The summed E-state index contributed by atoms with van der Waals surface area (Å²) in [7, 11) is 1.29. The van der Waals surface area contributed by atoms with Crippen molar-refractivity contribution in [2.24, 2.45) is 11.3 Å². The summed E-state index contributed by atoms with van der Waals surface area (Å²) in [5, 5.41) is 3.39. The molecule has 1 aliphatic heterocycles. The lowest BCUT2D eigenvalue weighted by Crippen LogP contribution is -2.58. The first kappa shape index (κ1) is 31.4. The van der Waals surface area contributed by atoms with Gasteiger partial charge in [-0.3, -0.25) is 9.59 Å². The SMILES string of the molecule is CCCC#Cc1c(O[C@@H]2C[C@@H](C(=O)OC)N(C(=O)[C@@H](NC(=O)O[C@@H]3CC3C)C3(C)CCCCC3)C2)[nH]c2ccccc2c1=O. The fourth-order valence-electron chi connectivity index (χ4n) is 6.43. The first-order valence-electron chi connectivity index (χ1n) is 15.8. The molecule has 1 aromatic heterocycles. The number of hydrogen-bond acceptors (Lipinski definition) is 7. The fourth-order valence-corrected chi connectivity index (χ4v) is 6.43. The van der Waals surface area contributed by atoms with E-state index in [-0.39, 0.29) is 41.8 Å². The van der Waals surface area contributed by atoms with Crippen LogP contribution in [0.15, 0.2) is 29.1 Å². The fraction of sp³-hybridized carbons (Fsp3) is 0.588. The third-order valence-electron chi connectivity index (χ3n) is 9.26. The first-order valence-corrected chi connectivity index (χ1v) is 15.8. The smallest absolute Gasteiger partial charge is 0.408 e. The molecule has 2 heterocycles. The molecule has 3 fully saturated rings. The van der Waals surface area contributed by atoms with Crippen molar-refractivity contribution in [2.75, 3.05) is 13.7 Å². The number of nitrogens with one attached hydrogen (secondary N) is 2. The minimum Gasteiger partial charge on any atom is -0.473 e. The molecular weight excluding hydrogens is 562 g/mol. The van der Waals surface area contributed by atoms with Gasteiger partial charge in [0.2, 0.25) is 17.2 Å². The monoisotopic (exact) mass is 605 g/mol. The molecule has 44 heavy (non-hydrogen) atoms. The van der Waals surface area contributed by atoms with Gasteiger partial charge in [0, 0.05) is 18.2 Å². The number of aromatic amines is 1. The molecular formula is C34H43N3O7. The van der Waals surface area contributed by atoms with Crippen molar-refractivity contribution in [1.82, 2.24) is 15.2 Å². The largest absolute Gasteiger partial charge is 0.473 e. The van der Waals surface area contributed by atoms with Crippen molar-refractivity contribution in [2.45, 2.75) is 103 Å². The minimum absolute atomic E-state index is 0.0677. The molecule has 5 atom stereocenters. The normalized spacial score (nSPS) is 24.5. The lowest BCUT2D eigenvalue weighted by molar-refractivity contribution is -0.153. The number of carbonyl (C=O) groups excluding carboxylic acids is 3. The molecule has 3 aliphatic rings. The number of esters is 1. The Morgan fingerprint density at radius 1 is 1.16 bits per heavy atom. The Bertz CT molecular complexity index is 1520. The van der Waals surface area contributed by atoms with Crippen LogP contribution in [0.2, 0.25) is 0 Å². The van der Waals surface area contributed by atoms with Gasteiger partial charge in [-0.05, 0) is 49.1 Å². The van der Waals surface area contributed by atoms with Crippen molar-refractivity contribution in [3.05, 3.63) is 40.1 Å². The van der Waals surface area contributed by atoms with E-state index in [0.29, 0.717) is 23.2 Å². The van der Waals surface area contributed by atoms with Crippen molar-refractivity contribution >= 4 is 28.9 Å². The maximum atomic E-state index is 14.4. The topological polar surface area (TPSA) is 127 Å². The van der Waals surface area contributed by atoms with Gasteiger partial charge in [-0.25, -0.2) is 9.59 Å². The third-order valence-corrected chi connectivity index (χ3v) is 9.26. The van der Waals surface area contributed by atoms with Crippen LogP contribution in [0.4, 0.5) is 4.79 Å². The predicted molar refractivity (Wildman–Crippen MR) is 165 cm³/mol. The van der Waals surface area contributed by atoms with Gasteiger partial charge in [-0.2, -0.15) is 0 Å². The number of nitrogens with zero attached hydrogens (tertiary/aromatic N) is 1. The Hall–Kier alpha value is -4.00. The van der Waals surface area contributed by atoms with Crippen LogP contribution in [0, 0.1) is 23.2 Å². The number of methoxy groups -OCH3 is 1. The second-order valence-corrected chi connectivity index (χ2v) is 12.7. The number of alkyl carbamates (subject to hydrolysis) is 1. The minimum atomic E-state index is -0.921. The van der Waals surface area contributed by atoms with Crippen LogP contribution in [0.5, 0.6) is 5.88 Å². The van der Waals surface area contributed by atoms with E-state index in [1.807, 2.05) is 26.8 Å². The molecule has 10 heteroatoms. The molecule has 2 aromatic rings. The van der Waals surface area contributed by atoms with Crippen LogP contribution < -0.4 is 15.5 Å². The highest BCUT2D eigenvalue weighted by Crippen LogP contribution is 2.41. The molecule has 0 radical (unpaired) electrons. The Morgan fingerprint density at radius 3 is 2.57 bits per heavy atom. The zero-order chi connectivity index (χ0) is 31.4. The molecule has 0 spiro atoms. The number of benzene rings is 1. The number of amides is 2. The second kappa shape index (κ2) is 13.3. The third kappa shape index (κ3) is 6.72. The molecule has 5 rings (SSSR count). The summed E-state index contributed by atoms with van der Waals surface area (Å²) in [5.41, 5.74) is 0.0607. The van der Waals surface area contributed by atoms with Gasteiger partial charge in [0.25, 0.3) is 0 Å². The van der Waals surface area contributed by atoms with E-state index in [4.69, 9.17) is 14.2 Å². The Balaban J connectivity index is 1.44. The van der Waals surface area contributed by atoms with Crippen LogP contribution >= 0.6 is 0 Å². The molecule has 1 unspecified atom stereocenters. The van der Waals surface area contributed by atoms with Gasteiger partial charge in [0.05, 0.1) is 19.2 Å². The number of para-hydroxylation sites is 1. The summed E-state index contributed by atoms with van der Waals surface area (Å²) < 4.78 is 17.0. The molecule has 1 saturated heterocycles. The van der Waals surface area contributed by atoms with Crippen molar-refractivity contribution < 1.29 is 28.6 Å². The van der Waals surface area contributed by atoms with Crippen molar-refractivity contribution in [3.8, 4) is 17.7 Å². The predicted octanol–water partition coefficient (Wildman–Crippen LogP) is 4.67. The Morgan fingerprint density at radius 2 is 1.89 bits per heavy atom. The molecule has 2 amide bonds. The average molecular weight is 606 g/mol. The summed E-state index contributed by atoms with van der Waals surface area (Å²) in [5.74, 6) is 5.60. The zero-order valence-corrected chi connectivity index (χ0v) is 26.1. The Kier molecular flexibility index (Phi) is 9.52. The molecule has 2 N–H and O–H groups in total. The number of hydrogen-bond donors (Lipinski definition) is 2. The van der Waals surface area contributed by atoms with E-state index in [1.54, 1.807) is 18.2 Å². The molecule has 10 nitrogen and oxygen atoms in total. The quantitative estimate of drug-likeness (QED) is 0.331. The van der Waals surface area contributed by atoms with Gasteiger partial charge in [0.1, 0.15) is 29.9 Å². The lowest BCUT2D eigenvalue weighted by atomic mass is 9.70. The van der Waals surface area contributed by atoms with E-state index in [0.717, 1.165) is 44.9 Å². The molecule has 0 bridgehead atoms. The number of unbranched alkanes of at least 4 members (excludes halogenated alkanes) is 1. The van der Waals surface area contributed by atoms with E-state index in [1.165, 1.54) is 12.0 Å². The van der Waals surface area contributed by atoms with Gasteiger partial charge in [0.15, 0.2) is 0 Å². The van der Waals surface area contributed by atoms with Gasteiger partial charge in [-0.1, -0.05) is 64.0 Å². The highest BCUT2D eigenvalue weighted by Gasteiger charge is 2.49. The average Bonchev–Trinajstić information content (AvgIpc) is 3.54. The highest BCUT2D eigenvalue weighted by atomic mass is 16.6. The van der Waals surface area contributed by atoms with Crippen molar-refractivity contribution in [1.29, 1.82) is 0 Å². The molecule has 236 valence electrons. The zero-order valence-electron chi connectivity index (χ0n) is 26.1. The molecule has 2 saturated carbocycles. The number of rotatable bonds is 8. The van der Waals surface area contributed by atoms with E-state index < -0.39 is 35.7 Å². The number of aromatic nitrogens is 1. The number of pyridine rings is 1. The summed E-state index contributed by atoms with van der Waals surface area (Å²) in [6.07, 6.45) is 5.52. The van der Waals surface area contributed by atoms with Gasteiger partial charge >= 0.3 is 12.1 Å². The maximum absolute atomic E-state index is 14.4. The molecule has 1 aromatic carbocycles. The molecule has 2 aliphatic carbocycles. The second-order valence-electron chi connectivity index (χ2n) is 12.7. The van der Waals surface area contributed by atoms with Crippen LogP contribution in [0.25, 0.3) is 10.9 Å². The van der Waals surface area contributed by atoms with Crippen molar-refractivity contribution in [3.63, 3.8) is 0 Å². The van der Waals surface area contributed by atoms with Gasteiger partial charge in [-0.15, -0.1) is 0 Å². The van der Waals surface area contributed by atoms with Crippen LogP contribution in [-0.4, -0.2) is 65.8 Å². The summed E-state index contributed by atoms with van der Waals surface area (Å²) in [6, 6.07) is 5.33. The van der Waals surface area contributed by atoms with Gasteiger partial charge < -0.3 is 29.4 Å². The Labute approximate surface area is 258 Å². The van der Waals surface area contributed by atoms with Crippen LogP contribution in [-0.2, 0) is 19.1 Å². The van der Waals surface area contributed by atoms with E-state index in [2.05, 4.69) is 22.1 Å². The summed E-state index contributed by atoms with van der Waals surface area (Å²) in [6.45, 7) is 6.11. The number of ether oxygens (including phenoxy) is 3. The number of H-pyrrole nitrogens is 1. The van der Waals surface area contributed by atoms with E-state index >= 15 is 0 Å². The van der Waals surface area contributed by atoms with Crippen LogP contribution in [0.3, 0.4) is 0 Å². The highest BCUT2D eigenvalue weighted by molar-refractivity contribution is 5.91. The van der Waals surface area contributed by atoms with Crippen LogP contribution in [0.1, 0.15) is 84.1 Å². The summed E-state index contributed by atoms with van der Waals surface area (Å²) >= 11 is 0. The summed E-state index contributed by atoms with van der Waals surface area (Å²) in [4.78, 5) is 58.4.